The lowest BCUT2D eigenvalue weighted by molar-refractivity contribution is 1.16. The van der Waals surface area contributed by atoms with Crippen molar-refractivity contribution >= 4 is 49.3 Å². The molecule has 73 heavy (non-hydrogen) atoms. The fraction of sp³-hybridized carbons (Fsp3) is 0.129. The van der Waals surface area contributed by atoms with Gasteiger partial charge in [-0.1, -0.05) is 149 Å². The number of hydrogen-bond donors (Lipinski definition) is 0. The van der Waals surface area contributed by atoms with Crippen molar-refractivity contribution in [1.82, 2.24) is 9.13 Å². The van der Waals surface area contributed by atoms with Crippen molar-refractivity contribution in [3.05, 3.63) is 243 Å². The molecule has 2 aromatic heterocycles. The molecule has 3 nitrogen and oxygen atoms in total. The van der Waals surface area contributed by atoms with E-state index in [-0.39, 0.29) is 0 Å². The van der Waals surface area contributed by atoms with Gasteiger partial charge in [-0.05, 0) is 195 Å². The van der Waals surface area contributed by atoms with Crippen LogP contribution in [0.2, 0.25) is 0 Å². The number of fused-ring (bicyclic) bond motifs is 6. The van der Waals surface area contributed by atoms with Crippen LogP contribution < -0.4 is 0 Å². The van der Waals surface area contributed by atoms with Crippen LogP contribution in [0.3, 0.4) is 0 Å². The van der Waals surface area contributed by atoms with Gasteiger partial charge in [-0.2, -0.15) is 0 Å². The average Bonchev–Trinajstić information content (AvgIpc) is 3.88. The van der Waals surface area contributed by atoms with Crippen LogP contribution >= 0.6 is 0 Å². The number of hydrogen-bond acceptors (Lipinski definition) is 0. The zero-order valence-corrected chi connectivity index (χ0v) is 43.2. The highest BCUT2D eigenvalue weighted by molar-refractivity contribution is 6.14. The second-order valence-corrected chi connectivity index (χ2v) is 20.7. The summed E-state index contributed by atoms with van der Waals surface area (Å²) >= 11 is 0. The SMILES string of the molecule is [C-]#[N+]c1cccc(-n2c3ccc(-c4ccc(C)cc4C)cc3c3cc(-c4ccc(C)cc4C)ccc32)c1-c1cc(C)ccc1-n1c2ccc(-c3ccc(C)cc3C)cc2c2cc(-c3ccc(C)cc3C)ccc21. The van der Waals surface area contributed by atoms with Crippen LogP contribution in [0.1, 0.15) is 50.1 Å². The molecule has 10 aromatic carbocycles. The highest BCUT2D eigenvalue weighted by atomic mass is 15.0. The van der Waals surface area contributed by atoms with Crippen LogP contribution in [0.4, 0.5) is 5.69 Å². The van der Waals surface area contributed by atoms with E-state index in [9.17, 15) is 0 Å². The van der Waals surface area contributed by atoms with E-state index in [1.807, 2.05) is 6.07 Å². The lowest BCUT2D eigenvalue weighted by Crippen LogP contribution is -2.02. The second kappa shape index (κ2) is 17.5. The van der Waals surface area contributed by atoms with Crippen molar-refractivity contribution in [2.75, 3.05) is 0 Å². The summed E-state index contributed by atoms with van der Waals surface area (Å²) in [7, 11) is 0. The molecule has 0 spiro atoms. The molecule has 0 N–H and O–H groups in total. The molecule has 12 rings (SSSR count). The van der Waals surface area contributed by atoms with Gasteiger partial charge in [0.2, 0.25) is 0 Å². The highest BCUT2D eigenvalue weighted by Gasteiger charge is 2.24. The molecule has 0 fully saturated rings. The Bertz CT molecular complexity index is 4100. The van der Waals surface area contributed by atoms with Crippen LogP contribution in [0.25, 0.3) is 115 Å². The van der Waals surface area contributed by atoms with E-state index in [0.717, 1.165) is 50.1 Å². The van der Waals surface area contributed by atoms with Gasteiger partial charge in [0.25, 0.3) is 0 Å². The van der Waals surface area contributed by atoms with Crippen LogP contribution in [-0.4, -0.2) is 9.13 Å². The molecule has 352 valence electrons. The van der Waals surface area contributed by atoms with Crippen molar-refractivity contribution in [3.63, 3.8) is 0 Å². The first-order valence-electron chi connectivity index (χ1n) is 25.4. The third-order valence-electron chi connectivity index (χ3n) is 15.3. The Balaban J connectivity index is 1.14. The van der Waals surface area contributed by atoms with Crippen LogP contribution in [0.15, 0.2) is 182 Å². The molecular formula is C70H57N3. The van der Waals surface area contributed by atoms with Crippen molar-refractivity contribution in [3.8, 4) is 67.0 Å². The Hall–Kier alpha value is -8.71. The predicted octanol–water partition coefficient (Wildman–Crippen LogP) is 19.5. The molecule has 0 bridgehead atoms. The largest absolute Gasteiger partial charge is 0.310 e. The van der Waals surface area contributed by atoms with Crippen molar-refractivity contribution in [2.45, 2.75) is 62.3 Å². The Morgan fingerprint density at radius 2 is 0.630 bits per heavy atom. The third-order valence-corrected chi connectivity index (χ3v) is 15.3. The van der Waals surface area contributed by atoms with Gasteiger partial charge in [-0.3, -0.25) is 0 Å². The molecule has 0 atom stereocenters. The zero-order valence-electron chi connectivity index (χ0n) is 43.2. The number of rotatable bonds is 7. The Kier molecular flexibility index (Phi) is 10.9. The third kappa shape index (κ3) is 7.65. The topological polar surface area (TPSA) is 14.2 Å². The monoisotopic (exact) mass is 939 g/mol. The van der Waals surface area contributed by atoms with E-state index in [1.54, 1.807) is 0 Å². The Morgan fingerprint density at radius 3 is 0.973 bits per heavy atom. The summed E-state index contributed by atoms with van der Waals surface area (Å²) in [5.41, 5.74) is 29.8. The van der Waals surface area contributed by atoms with Crippen molar-refractivity contribution < 1.29 is 0 Å². The maximum Gasteiger partial charge on any atom is 0.197 e. The van der Waals surface area contributed by atoms with E-state index in [2.05, 4.69) is 252 Å². The van der Waals surface area contributed by atoms with Gasteiger partial charge in [0.1, 0.15) is 0 Å². The van der Waals surface area contributed by atoms with Gasteiger partial charge in [0.15, 0.2) is 5.69 Å². The number of aryl methyl sites for hydroxylation is 9. The lowest BCUT2D eigenvalue weighted by Gasteiger charge is -2.20. The summed E-state index contributed by atoms with van der Waals surface area (Å²) in [6.45, 7) is 28.5. The molecule has 2 heterocycles. The van der Waals surface area contributed by atoms with Gasteiger partial charge in [0, 0.05) is 32.8 Å². The van der Waals surface area contributed by atoms with Gasteiger partial charge in [-0.25, -0.2) is 4.85 Å². The van der Waals surface area contributed by atoms with Gasteiger partial charge in [-0.15, -0.1) is 0 Å². The summed E-state index contributed by atoms with van der Waals surface area (Å²) < 4.78 is 4.86. The molecule has 0 unspecified atom stereocenters. The minimum absolute atomic E-state index is 0.605. The molecular weight excluding hydrogens is 883 g/mol. The van der Waals surface area contributed by atoms with Gasteiger partial charge < -0.3 is 9.13 Å². The number of aromatic nitrogens is 2. The fourth-order valence-electron chi connectivity index (χ4n) is 11.9. The predicted molar refractivity (Wildman–Crippen MR) is 311 cm³/mol. The molecule has 0 aliphatic heterocycles. The first kappa shape index (κ1) is 45.4. The average molecular weight is 940 g/mol. The summed E-state index contributed by atoms with van der Waals surface area (Å²) in [4.78, 5) is 4.34. The van der Waals surface area contributed by atoms with Gasteiger partial charge >= 0.3 is 0 Å². The van der Waals surface area contributed by atoms with E-state index in [4.69, 9.17) is 6.57 Å². The first-order chi connectivity index (χ1) is 35.3. The molecule has 0 saturated heterocycles. The summed E-state index contributed by atoms with van der Waals surface area (Å²) in [5, 5.41) is 4.71. The molecule has 12 aromatic rings. The second-order valence-electron chi connectivity index (χ2n) is 20.7. The summed E-state index contributed by atoms with van der Waals surface area (Å²) in [6.07, 6.45) is 0. The molecule has 0 radical (unpaired) electrons. The minimum atomic E-state index is 0.605. The van der Waals surface area contributed by atoms with Crippen LogP contribution in [0, 0.1) is 68.9 Å². The van der Waals surface area contributed by atoms with E-state index in [0.29, 0.717) is 5.69 Å². The maximum absolute atomic E-state index is 8.84. The zero-order chi connectivity index (χ0) is 50.4. The van der Waals surface area contributed by atoms with Crippen LogP contribution in [-0.2, 0) is 0 Å². The number of benzene rings is 10. The van der Waals surface area contributed by atoms with Crippen molar-refractivity contribution in [1.29, 1.82) is 0 Å². The van der Waals surface area contributed by atoms with E-state index >= 15 is 0 Å². The standard InChI is InChI=1S/C70H57N3/c1-41-14-23-54(46(6)32-41)50-19-28-64-58(37-50)59-38-51(55-24-15-42(2)33-47(55)7)20-29-65(59)72(64)68-27-18-45(5)36-62(68)70-63(71-10)12-11-13-69(70)73-66-30-21-52(56-25-16-43(3)34-48(56)8)39-60(66)61-40-53(22-31-67(61)73)57-26-17-44(4)35-49(57)9/h11-40H,1-9H3. The highest BCUT2D eigenvalue weighted by Crippen LogP contribution is 2.47. The Labute approximate surface area is 429 Å². The fourth-order valence-corrected chi connectivity index (χ4v) is 11.9. The van der Waals surface area contributed by atoms with Crippen molar-refractivity contribution in [2.24, 2.45) is 0 Å². The minimum Gasteiger partial charge on any atom is -0.310 e. The summed E-state index contributed by atoms with van der Waals surface area (Å²) in [6, 6.07) is 67.8. The molecule has 3 heteroatoms. The quantitative estimate of drug-likeness (QED) is 0.141. The smallest absolute Gasteiger partial charge is 0.197 e. The number of nitrogens with zero attached hydrogens (tertiary/aromatic N) is 3. The van der Waals surface area contributed by atoms with E-state index < -0.39 is 0 Å². The lowest BCUT2D eigenvalue weighted by atomic mass is 9.95. The molecule has 0 amide bonds. The van der Waals surface area contributed by atoms with E-state index in [1.165, 1.54) is 111 Å². The normalized spacial score (nSPS) is 11.6. The first-order valence-corrected chi connectivity index (χ1v) is 25.4. The van der Waals surface area contributed by atoms with Crippen LogP contribution in [0.5, 0.6) is 0 Å². The molecule has 0 aliphatic carbocycles. The molecule has 0 aliphatic rings. The summed E-state index contributed by atoms with van der Waals surface area (Å²) in [5.74, 6) is 0. The maximum atomic E-state index is 8.84. The van der Waals surface area contributed by atoms with Gasteiger partial charge in [0.05, 0.1) is 34.3 Å². The Morgan fingerprint density at radius 1 is 0.301 bits per heavy atom. The molecule has 0 saturated carbocycles.